The van der Waals surface area contributed by atoms with E-state index in [1.165, 1.54) is 31.2 Å². The topological polar surface area (TPSA) is 46.6 Å². The zero-order valence-electron chi connectivity index (χ0n) is 15.2. The van der Waals surface area contributed by atoms with Gasteiger partial charge in [0.2, 0.25) is 5.60 Å². The van der Waals surface area contributed by atoms with Crippen molar-refractivity contribution in [1.29, 1.82) is 0 Å². The van der Waals surface area contributed by atoms with Gasteiger partial charge in [-0.3, -0.25) is 9.59 Å². The Morgan fingerprint density at radius 2 is 1.74 bits per heavy atom. The number of ketones is 1. The van der Waals surface area contributed by atoms with Gasteiger partial charge >= 0.3 is 12.1 Å². The molecule has 0 spiro atoms. The molecule has 1 fully saturated rings. The molecule has 1 aromatic carbocycles. The van der Waals surface area contributed by atoms with Crippen LogP contribution in [-0.4, -0.2) is 48.1 Å². The Kier molecular flexibility index (Phi) is 6.97. The summed E-state index contributed by atoms with van der Waals surface area (Å²) in [5.74, 6) is -1.41. The Bertz CT molecular complexity index is 650. The average molecular weight is 389 g/mol. The molecule has 1 aliphatic rings. The molecule has 0 N–H and O–H groups in total. The van der Waals surface area contributed by atoms with Crippen LogP contribution in [0.5, 0.6) is 0 Å². The van der Waals surface area contributed by atoms with Crippen molar-refractivity contribution in [2.24, 2.45) is 0 Å². The maximum absolute atomic E-state index is 13.4. The van der Waals surface area contributed by atoms with Crippen molar-refractivity contribution in [3.8, 4) is 0 Å². The van der Waals surface area contributed by atoms with Crippen molar-refractivity contribution >= 4 is 11.8 Å². The first-order valence-electron chi connectivity index (χ1n) is 8.96. The number of carbonyl (C=O) groups excluding carboxylic acids is 2. The second kappa shape index (κ2) is 8.82. The van der Waals surface area contributed by atoms with E-state index in [0.29, 0.717) is 18.5 Å². The lowest BCUT2D eigenvalue weighted by Crippen LogP contribution is -2.56. The molecule has 4 nitrogen and oxygen atoms in total. The van der Waals surface area contributed by atoms with Crippen molar-refractivity contribution in [2.75, 3.05) is 19.6 Å². The minimum absolute atomic E-state index is 0.104. The molecule has 27 heavy (non-hydrogen) atoms. The Balaban J connectivity index is 1.83. The van der Waals surface area contributed by atoms with Gasteiger partial charge in [-0.05, 0) is 37.2 Å². The van der Waals surface area contributed by atoms with Crippen LogP contribution < -0.4 is 0 Å². The van der Waals surface area contributed by atoms with E-state index in [0.717, 1.165) is 0 Å². The van der Waals surface area contributed by atoms with Gasteiger partial charge < -0.3 is 9.64 Å². The number of likely N-dealkylation sites (tertiary alicyclic amines) is 1. The Hall–Kier alpha value is -1.96. The second-order valence-corrected chi connectivity index (χ2v) is 6.69. The molecular weight excluding hydrogens is 366 g/mol. The molecule has 2 rings (SSSR count). The summed E-state index contributed by atoms with van der Waals surface area (Å²) < 4.78 is 57.9. The van der Waals surface area contributed by atoms with Gasteiger partial charge in [0.05, 0.1) is 0 Å². The quantitative estimate of drug-likeness (QED) is 0.400. The fourth-order valence-corrected chi connectivity index (χ4v) is 3.11. The van der Waals surface area contributed by atoms with E-state index in [1.807, 2.05) is 4.90 Å². The number of ether oxygens (including phenoxy) is 1. The van der Waals surface area contributed by atoms with Gasteiger partial charge in [-0.25, -0.2) is 4.39 Å². The number of nitrogens with zero attached hydrogens (tertiary/aromatic N) is 1. The summed E-state index contributed by atoms with van der Waals surface area (Å²) in [5.41, 5.74) is -2.00. The number of benzene rings is 1. The van der Waals surface area contributed by atoms with Gasteiger partial charge in [-0.15, -0.1) is 0 Å². The van der Waals surface area contributed by atoms with Crippen LogP contribution in [0, 0.1) is 5.82 Å². The smallest absolute Gasteiger partial charge is 0.428 e. The molecule has 1 saturated heterocycles. The molecule has 1 heterocycles. The van der Waals surface area contributed by atoms with Gasteiger partial charge in [0.25, 0.3) is 0 Å². The normalized spacial score (nSPS) is 17.5. The first-order chi connectivity index (χ1) is 12.7. The van der Waals surface area contributed by atoms with Crippen molar-refractivity contribution in [2.45, 2.75) is 50.8 Å². The number of alkyl halides is 3. The van der Waals surface area contributed by atoms with Gasteiger partial charge in [0.15, 0.2) is 5.78 Å². The lowest BCUT2D eigenvalue weighted by atomic mass is 9.90. The van der Waals surface area contributed by atoms with Crippen LogP contribution in [0.25, 0.3) is 0 Å². The zero-order valence-corrected chi connectivity index (χ0v) is 15.2. The van der Waals surface area contributed by atoms with E-state index in [2.05, 4.69) is 0 Å². The third-order valence-corrected chi connectivity index (χ3v) is 4.82. The molecule has 0 aliphatic carbocycles. The highest BCUT2D eigenvalue weighted by atomic mass is 19.4. The maximum atomic E-state index is 13.4. The van der Waals surface area contributed by atoms with Crippen LogP contribution in [0.3, 0.4) is 0 Å². The van der Waals surface area contributed by atoms with Gasteiger partial charge in [-0.2, -0.15) is 13.2 Å². The zero-order chi connectivity index (χ0) is 20.1. The van der Waals surface area contributed by atoms with Crippen molar-refractivity contribution < 1.29 is 31.9 Å². The first-order valence-corrected chi connectivity index (χ1v) is 8.96. The average Bonchev–Trinajstić information content (AvgIpc) is 2.62. The Labute approximate surface area is 155 Å². The lowest BCUT2D eigenvalue weighted by Gasteiger charge is -2.42. The van der Waals surface area contributed by atoms with Crippen LogP contribution in [0.15, 0.2) is 24.3 Å². The molecule has 0 aromatic heterocycles. The minimum Gasteiger partial charge on any atom is -0.449 e. The molecule has 8 heteroatoms. The number of rotatable bonds is 7. The van der Waals surface area contributed by atoms with Gasteiger partial charge in [0, 0.05) is 44.3 Å². The van der Waals surface area contributed by atoms with Crippen LogP contribution in [-0.2, 0) is 9.53 Å². The number of esters is 1. The van der Waals surface area contributed by atoms with Crippen LogP contribution >= 0.6 is 0 Å². The number of halogens is 4. The highest BCUT2D eigenvalue weighted by molar-refractivity contribution is 5.95. The number of hydrogen-bond donors (Lipinski definition) is 0. The third-order valence-electron chi connectivity index (χ3n) is 4.82. The molecule has 1 aliphatic heterocycles. The molecule has 1 aromatic rings. The lowest BCUT2D eigenvalue weighted by molar-refractivity contribution is -0.281. The number of piperidine rings is 1. The summed E-state index contributed by atoms with van der Waals surface area (Å²) in [6.07, 6.45) is -4.61. The standard InChI is InChI=1S/C19H23F4NO3/c1-2-17(26)27-18(19(21,22)23)9-12-24(13-10-18)11-3-4-16(25)14-5-7-15(20)8-6-14/h5-8H,2-4,9-13H2,1H3. The Morgan fingerprint density at radius 1 is 1.15 bits per heavy atom. The molecule has 0 saturated carbocycles. The molecular formula is C19H23F4NO3. The molecule has 150 valence electrons. The predicted octanol–water partition coefficient (Wildman–Crippen LogP) is 4.14. The summed E-state index contributed by atoms with van der Waals surface area (Å²) in [6, 6.07) is 5.26. The summed E-state index contributed by atoms with van der Waals surface area (Å²) in [7, 11) is 0. The third kappa shape index (κ3) is 5.51. The van der Waals surface area contributed by atoms with Gasteiger partial charge in [0.1, 0.15) is 5.82 Å². The van der Waals surface area contributed by atoms with E-state index in [4.69, 9.17) is 4.74 Å². The minimum atomic E-state index is -4.61. The monoisotopic (exact) mass is 389 g/mol. The van der Waals surface area contributed by atoms with Crippen LogP contribution in [0.1, 0.15) is 49.4 Å². The van der Waals surface area contributed by atoms with E-state index < -0.39 is 23.6 Å². The fourth-order valence-electron chi connectivity index (χ4n) is 3.11. The maximum Gasteiger partial charge on any atom is 0.428 e. The number of hydrogen-bond acceptors (Lipinski definition) is 4. The van der Waals surface area contributed by atoms with Crippen molar-refractivity contribution in [3.63, 3.8) is 0 Å². The highest BCUT2D eigenvalue weighted by Crippen LogP contribution is 2.42. The molecule has 0 radical (unpaired) electrons. The summed E-state index contributed by atoms with van der Waals surface area (Å²) in [4.78, 5) is 25.3. The van der Waals surface area contributed by atoms with E-state index in [1.54, 1.807) is 0 Å². The van der Waals surface area contributed by atoms with Crippen molar-refractivity contribution in [1.82, 2.24) is 4.90 Å². The summed E-state index contributed by atoms with van der Waals surface area (Å²) in [6.45, 7) is 2.21. The largest absolute Gasteiger partial charge is 0.449 e. The number of carbonyl (C=O) groups is 2. The second-order valence-electron chi connectivity index (χ2n) is 6.69. The van der Waals surface area contributed by atoms with E-state index >= 15 is 0 Å². The molecule has 0 atom stereocenters. The van der Waals surface area contributed by atoms with Crippen molar-refractivity contribution in [3.05, 3.63) is 35.6 Å². The number of Topliss-reactive ketones (excluding diaryl/α,β-unsaturated/α-hetero) is 1. The molecule has 0 amide bonds. The summed E-state index contributed by atoms with van der Waals surface area (Å²) >= 11 is 0. The van der Waals surface area contributed by atoms with E-state index in [9.17, 15) is 27.2 Å². The Morgan fingerprint density at radius 3 is 2.26 bits per heavy atom. The molecule has 0 bridgehead atoms. The van der Waals surface area contributed by atoms with E-state index in [-0.39, 0.29) is 44.6 Å². The summed E-state index contributed by atoms with van der Waals surface area (Å²) in [5, 5.41) is 0. The first kappa shape index (κ1) is 21.3. The highest BCUT2D eigenvalue weighted by Gasteiger charge is 2.58. The predicted molar refractivity (Wildman–Crippen MR) is 90.8 cm³/mol. The van der Waals surface area contributed by atoms with Crippen LogP contribution in [0.4, 0.5) is 17.6 Å². The molecule has 0 unspecified atom stereocenters. The van der Waals surface area contributed by atoms with Crippen LogP contribution in [0.2, 0.25) is 0 Å². The SMILES string of the molecule is CCC(=O)OC1(C(F)(F)F)CCN(CCCC(=O)c2ccc(F)cc2)CC1. The fraction of sp³-hybridized carbons (Fsp3) is 0.579. The van der Waals surface area contributed by atoms with Gasteiger partial charge in [-0.1, -0.05) is 6.92 Å².